The normalized spacial score (nSPS) is 24.6. The molecule has 7 rings (SSSR count). The lowest BCUT2D eigenvalue weighted by atomic mass is 9.45. The van der Waals surface area contributed by atoms with Crippen LogP contribution in [0, 0.1) is 29.1 Å². The number of likely N-dealkylation sites (N-methyl/N-ethyl adjacent to an activating group) is 1. The van der Waals surface area contributed by atoms with Crippen molar-refractivity contribution in [3.05, 3.63) is 121 Å². The van der Waals surface area contributed by atoms with Gasteiger partial charge in [0.05, 0.1) is 26.2 Å². The van der Waals surface area contributed by atoms with E-state index in [-0.39, 0.29) is 41.8 Å². The summed E-state index contributed by atoms with van der Waals surface area (Å²) >= 11 is 0. The van der Waals surface area contributed by atoms with Crippen molar-refractivity contribution in [1.29, 1.82) is 0 Å². The minimum absolute atomic E-state index is 0.0343. The van der Waals surface area contributed by atoms with Crippen molar-refractivity contribution in [2.45, 2.75) is 83.8 Å². The third kappa shape index (κ3) is 11.5. The molecule has 3 aromatic rings. The Hall–Kier alpha value is -5.47. The zero-order valence-corrected chi connectivity index (χ0v) is 39.6. The molecular formula is C52H70N6O7. The average Bonchev–Trinajstić information content (AvgIpc) is 3.65. The molecule has 4 aliphatic rings. The van der Waals surface area contributed by atoms with E-state index in [1.807, 2.05) is 87.7 Å². The molecule has 13 nitrogen and oxygen atoms in total. The highest BCUT2D eigenvalue weighted by Crippen LogP contribution is 2.61. The maximum Gasteiger partial charge on any atom is 0.411 e. The maximum absolute atomic E-state index is 14.8. The van der Waals surface area contributed by atoms with Crippen LogP contribution in [-0.2, 0) is 27.3 Å². The Bertz CT molecular complexity index is 2190. The van der Waals surface area contributed by atoms with Crippen LogP contribution in [0.5, 0.6) is 5.75 Å². The zero-order chi connectivity index (χ0) is 47.0. The minimum atomic E-state index is -0.939. The number of allylic oxidation sites excluding steroid dienone is 4. The van der Waals surface area contributed by atoms with E-state index in [0.717, 1.165) is 35.2 Å². The highest BCUT2D eigenvalue weighted by Gasteiger charge is 2.57. The van der Waals surface area contributed by atoms with E-state index in [0.29, 0.717) is 41.7 Å². The summed E-state index contributed by atoms with van der Waals surface area (Å²) < 4.78 is 12.0. The highest BCUT2D eigenvalue weighted by molar-refractivity contribution is 5.97. The molecule has 9 atom stereocenters. The van der Waals surface area contributed by atoms with Gasteiger partial charge in [0.25, 0.3) is 5.91 Å². The van der Waals surface area contributed by atoms with Gasteiger partial charge >= 0.3 is 6.09 Å². The quantitative estimate of drug-likeness (QED) is 0.0932. The van der Waals surface area contributed by atoms with Gasteiger partial charge < -0.3 is 35.0 Å². The monoisotopic (exact) mass is 891 g/mol. The molecule has 1 aliphatic heterocycles. The topological polar surface area (TPSA) is 145 Å². The van der Waals surface area contributed by atoms with Crippen molar-refractivity contribution in [2.24, 2.45) is 29.1 Å². The van der Waals surface area contributed by atoms with Gasteiger partial charge in [0, 0.05) is 61.3 Å². The molecule has 0 radical (unpaired) electrons. The number of aliphatic hydroxyl groups is 1. The van der Waals surface area contributed by atoms with E-state index in [2.05, 4.69) is 60.3 Å². The number of para-hydroxylation sites is 1. The Morgan fingerprint density at radius 2 is 1.77 bits per heavy atom. The molecule has 3 aliphatic carbocycles. The molecule has 1 saturated heterocycles. The van der Waals surface area contributed by atoms with Crippen LogP contribution in [0.2, 0.25) is 0 Å². The van der Waals surface area contributed by atoms with Gasteiger partial charge in [0.15, 0.2) is 0 Å². The van der Waals surface area contributed by atoms with Crippen molar-refractivity contribution in [3.8, 4) is 16.9 Å². The number of hydrogen-bond acceptors (Lipinski definition) is 10. The SMILES string of the molecule is C=CC=CC=CNC(=O)O[C@@H](C)[C@@H]1[C@H](CO)ON(Cc2cccc(-c3cc(C(=O)N[C@@H](Cc4ccccc4)CN(C)C)cc(N(C)C)c3)c2OC)[C@@H]1C(=O)N[C@H]1C[C@H]2C[C@@H]([C@@H]1C)C2(C)C. The van der Waals surface area contributed by atoms with Gasteiger partial charge in [-0.1, -0.05) is 94.1 Å². The number of alkyl carbamates (subject to hydrolysis) is 1. The maximum atomic E-state index is 14.8. The second-order valence-corrected chi connectivity index (χ2v) is 19.0. The summed E-state index contributed by atoms with van der Waals surface area (Å²) in [5.74, 6) is 0.661. The van der Waals surface area contributed by atoms with Gasteiger partial charge in [-0.15, -0.1) is 0 Å². The summed E-state index contributed by atoms with van der Waals surface area (Å²) in [4.78, 5) is 52.5. The van der Waals surface area contributed by atoms with E-state index in [9.17, 15) is 19.5 Å². The van der Waals surface area contributed by atoms with Crippen LogP contribution in [0.15, 0.2) is 104 Å². The number of rotatable bonds is 19. The number of hydroxylamine groups is 2. The molecule has 3 amide bonds. The molecule has 2 bridgehead atoms. The number of aliphatic hydroxyl groups excluding tert-OH is 1. The van der Waals surface area contributed by atoms with Crippen molar-refractivity contribution in [1.82, 2.24) is 25.9 Å². The Balaban J connectivity index is 1.30. The third-order valence-electron chi connectivity index (χ3n) is 13.9. The van der Waals surface area contributed by atoms with Crippen LogP contribution in [-0.4, -0.2) is 112 Å². The number of amides is 3. The zero-order valence-electron chi connectivity index (χ0n) is 39.6. The molecule has 3 aromatic carbocycles. The first-order valence-electron chi connectivity index (χ1n) is 22.8. The van der Waals surface area contributed by atoms with Crippen molar-refractivity contribution >= 4 is 23.6 Å². The Morgan fingerprint density at radius 1 is 1.02 bits per heavy atom. The molecule has 350 valence electrons. The van der Waals surface area contributed by atoms with Crippen molar-refractivity contribution in [3.63, 3.8) is 0 Å². The van der Waals surface area contributed by atoms with Gasteiger partial charge in [-0.2, -0.15) is 5.06 Å². The van der Waals surface area contributed by atoms with Gasteiger partial charge in [-0.25, -0.2) is 4.79 Å². The summed E-state index contributed by atoms with van der Waals surface area (Å²) in [7, 11) is 9.47. The molecule has 0 unspecified atom stereocenters. The summed E-state index contributed by atoms with van der Waals surface area (Å²) in [6, 6.07) is 20.6. The molecule has 1 heterocycles. The molecule has 65 heavy (non-hydrogen) atoms. The second-order valence-electron chi connectivity index (χ2n) is 19.0. The van der Waals surface area contributed by atoms with Crippen LogP contribution < -0.4 is 25.6 Å². The summed E-state index contributed by atoms with van der Waals surface area (Å²) in [6.45, 7) is 12.6. The molecule has 4 fully saturated rings. The fraction of sp³-hybridized carbons (Fsp3) is 0.481. The second kappa shape index (κ2) is 21.7. The lowest BCUT2D eigenvalue weighted by molar-refractivity contribution is -0.183. The number of carbonyl (C=O) groups excluding carboxylic acids is 3. The lowest BCUT2D eigenvalue weighted by Gasteiger charge is -2.62. The standard InChI is InChI=1S/C52H70N6O7/c1-11-12-13-17-23-53-51(62)64-34(3)46-45(32-59)65-58(47(46)50(61)55-44-29-39-28-43(33(44)2)52(39,4)5)30-36-21-18-22-42(48(36)63-10)37-25-38(27-41(26-37)57(8)9)49(60)54-40(31-56(6)7)24-35-19-15-14-16-20-35/h11-23,25-27,33-34,39-40,43-47,59H,1,24,28-32H2,2-10H3,(H,53,62)(H,54,60)(H,55,61)/t33-,34-,39+,40-,43-,44-,45-,46+,47-/m0/s1. The number of benzene rings is 3. The van der Waals surface area contributed by atoms with E-state index >= 15 is 0 Å². The van der Waals surface area contributed by atoms with Gasteiger partial charge in [-0.05, 0) is 98.9 Å². The van der Waals surface area contributed by atoms with Gasteiger partial charge in [-0.3, -0.25) is 19.7 Å². The number of ether oxygens (including phenoxy) is 2. The van der Waals surface area contributed by atoms with Gasteiger partial charge in [0.1, 0.15) is 24.0 Å². The first kappa shape index (κ1) is 49.0. The molecule has 13 heteroatoms. The van der Waals surface area contributed by atoms with Crippen LogP contribution in [0.25, 0.3) is 11.1 Å². The Labute approximate surface area is 385 Å². The first-order chi connectivity index (χ1) is 31.1. The molecular weight excluding hydrogens is 821 g/mol. The number of carbonyl (C=O) groups is 3. The van der Waals surface area contributed by atoms with Gasteiger partial charge in [0.2, 0.25) is 5.91 Å². The number of nitrogens with one attached hydrogen (secondary N) is 3. The Kier molecular flexibility index (Phi) is 16.3. The van der Waals surface area contributed by atoms with Crippen LogP contribution in [0.4, 0.5) is 10.5 Å². The number of nitrogens with zero attached hydrogens (tertiary/aromatic N) is 3. The molecule has 0 spiro atoms. The predicted octanol–water partition coefficient (Wildman–Crippen LogP) is 6.98. The third-order valence-corrected chi connectivity index (χ3v) is 13.9. The number of methoxy groups -OCH3 is 1. The largest absolute Gasteiger partial charge is 0.496 e. The van der Waals surface area contributed by atoms with E-state index < -0.39 is 36.9 Å². The minimum Gasteiger partial charge on any atom is -0.496 e. The summed E-state index contributed by atoms with van der Waals surface area (Å²) in [6.07, 6.45) is 8.48. The fourth-order valence-electron chi connectivity index (χ4n) is 10.3. The summed E-state index contributed by atoms with van der Waals surface area (Å²) in [5.41, 5.74) is 4.94. The van der Waals surface area contributed by atoms with Crippen LogP contribution >= 0.6 is 0 Å². The smallest absolute Gasteiger partial charge is 0.411 e. The molecule has 0 aromatic heterocycles. The summed E-state index contributed by atoms with van der Waals surface area (Å²) in [5, 5.41) is 21.7. The number of fused-ring (bicyclic) bond motifs is 2. The molecule has 3 saturated carbocycles. The van der Waals surface area contributed by atoms with Crippen LogP contribution in [0.1, 0.15) is 62.0 Å². The first-order valence-corrected chi connectivity index (χ1v) is 22.8. The van der Waals surface area contributed by atoms with Crippen LogP contribution in [0.3, 0.4) is 0 Å². The van der Waals surface area contributed by atoms with E-state index in [1.54, 1.807) is 43.4 Å². The highest BCUT2D eigenvalue weighted by atomic mass is 16.7. The average molecular weight is 891 g/mol. The van der Waals surface area contributed by atoms with Crippen molar-refractivity contribution < 1.29 is 33.8 Å². The molecule has 4 N–H and O–H groups in total. The Morgan fingerprint density at radius 3 is 2.42 bits per heavy atom. The lowest BCUT2D eigenvalue weighted by Crippen LogP contribution is -2.62. The van der Waals surface area contributed by atoms with E-state index in [4.69, 9.17) is 14.3 Å². The van der Waals surface area contributed by atoms with E-state index in [1.165, 1.54) is 6.20 Å². The number of hydrogen-bond donors (Lipinski definition) is 4. The number of anilines is 1. The fourth-order valence-corrected chi connectivity index (χ4v) is 10.3. The predicted molar refractivity (Wildman–Crippen MR) is 256 cm³/mol. The van der Waals surface area contributed by atoms with Crippen molar-refractivity contribution in [2.75, 3.05) is 53.4 Å².